The number of hydrogen-bond acceptors (Lipinski definition) is 5. The van der Waals surface area contributed by atoms with Crippen molar-refractivity contribution in [3.63, 3.8) is 0 Å². The Hall–Kier alpha value is -2.95. The fraction of sp³-hybridized carbons (Fsp3) is 0.318. The molecule has 5 heteroatoms. The normalized spacial score (nSPS) is 19.1. The largest absolute Gasteiger partial charge is 0.461 e. The third kappa shape index (κ3) is 4.61. The Kier molecular flexibility index (Phi) is 6.88. The summed E-state index contributed by atoms with van der Waals surface area (Å²) in [5.74, 6) is -2.18. The molecule has 0 aliphatic carbocycles. The second-order valence-corrected chi connectivity index (χ2v) is 6.42. The van der Waals surface area contributed by atoms with E-state index in [1.165, 1.54) is 12.2 Å². The lowest BCUT2D eigenvalue weighted by atomic mass is 9.75. The number of benzene rings is 1. The maximum atomic E-state index is 12.8. The van der Waals surface area contributed by atoms with E-state index >= 15 is 0 Å². The molecule has 1 aliphatic rings. The minimum Gasteiger partial charge on any atom is -0.461 e. The summed E-state index contributed by atoms with van der Waals surface area (Å²) >= 11 is 0. The SMILES string of the molecule is C=CCOC(=O)C1=C(C)N=C(C)C(C(=O)OCC=C)[C@@H]1c1ccc(C)cc1. The molecule has 142 valence electrons. The van der Waals surface area contributed by atoms with Crippen LogP contribution in [0.2, 0.25) is 0 Å². The van der Waals surface area contributed by atoms with Crippen molar-refractivity contribution < 1.29 is 19.1 Å². The molecule has 0 amide bonds. The van der Waals surface area contributed by atoms with Gasteiger partial charge in [0.2, 0.25) is 0 Å². The molecule has 0 saturated heterocycles. The lowest BCUT2D eigenvalue weighted by Crippen LogP contribution is -2.36. The lowest BCUT2D eigenvalue weighted by molar-refractivity contribution is -0.145. The summed E-state index contributed by atoms with van der Waals surface area (Å²) in [6.07, 6.45) is 3.01. The van der Waals surface area contributed by atoms with E-state index in [-0.39, 0.29) is 13.2 Å². The number of aryl methyl sites for hydroxylation is 1. The summed E-state index contributed by atoms with van der Waals surface area (Å²) in [5.41, 5.74) is 3.43. The first-order chi connectivity index (χ1) is 12.9. The first kappa shape index (κ1) is 20.4. The molecule has 0 bridgehead atoms. The van der Waals surface area contributed by atoms with Gasteiger partial charge in [0.1, 0.15) is 19.1 Å². The quantitative estimate of drug-likeness (QED) is 0.541. The van der Waals surface area contributed by atoms with Gasteiger partial charge in [-0.2, -0.15) is 0 Å². The standard InChI is InChI=1S/C22H25NO4/c1-6-12-26-21(24)18-15(4)23-16(5)19(22(25)27-13-7-2)20(18)17-10-8-14(3)9-11-17/h6-11,18,20H,1-2,12-13H2,3-5H3/t18?,20-/m0/s1. The van der Waals surface area contributed by atoms with Crippen molar-refractivity contribution in [1.29, 1.82) is 0 Å². The third-order valence-electron chi connectivity index (χ3n) is 4.41. The van der Waals surface area contributed by atoms with Gasteiger partial charge in [-0.3, -0.25) is 9.79 Å². The van der Waals surface area contributed by atoms with E-state index in [2.05, 4.69) is 18.2 Å². The van der Waals surface area contributed by atoms with Crippen molar-refractivity contribution in [2.24, 2.45) is 10.9 Å². The highest BCUT2D eigenvalue weighted by Gasteiger charge is 2.42. The van der Waals surface area contributed by atoms with Crippen LogP contribution in [0.15, 0.2) is 65.8 Å². The van der Waals surface area contributed by atoms with Gasteiger partial charge in [0.05, 0.1) is 5.57 Å². The lowest BCUT2D eigenvalue weighted by Gasteiger charge is -2.31. The van der Waals surface area contributed by atoms with Crippen LogP contribution in [-0.4, -0.2) is 30.9 Å². The van der Waals surface area contributed by atoms with Crippen molar-refractivity contribution in [2.75, 3.05) is 13.2 Å². The molecular formula is C22H25NO4. The highest BCUT2D eigenvalue weighted by Crippen LogP contribution is 2.40. The van der Waals surface area contributed by atoms with Gasteiger partial charge in [-0.25, -0.2) is 4.79 Å². The van der Waals surface area contributed by atoms with E-state index in [9.17, 15) is 9.59 Å². The average Bonchev–Trinajstić information content (AvgIpc) is 2.64. The fourth-order valence-electron chi connectivity index (χ4n) is 3.18. The molecule has 0 fully saturated rings. The Bertz CT molecular complexity index is 802. The van der Waals surface area contributed by atoms with Crippen molar-refractivity contribution in [3.05, 3.63) is 72.0 Å². The van der Waals surface area contributed by atoms with Crippen LogP contribution >= 0.6 is 0 Å². The summed E-state index contributed by atoms with van der Waals surface area (Å²) < 4.78 is 10.6. The minimum atomic E-state index is -0.706. The number of hydrogen-bond donors (Lipinski definition) is 0. The van der Waals surface area contributed by atoms with E-state index < -0.39 is 23.8 Å². The summed E-state index contributed by atoms with van der Waals surface area (Å²) in [4.78, 5) is 29.9. The number of aliphatic imine (C=N–C) groups is 1. The average molecular weight is 367 g/mol. The number of esters is 2. The number of carbonyl (C=O) groups excluding carboxylic acids is 2. The number of ether oxygens (including phenoxy) is 2. The van der Waals surface area contributed by atoms with Crippen LogP contribution in [0.1, 0.15) is 30.9 Å². The molecule has 2 rings (SSSR count). The molecule has 27 heavy (non-hydrogen) atoms. The van der Waals surface area contributed by atoms with Crippen LogP contribution in [0, 0.1) is 12.8 Å². The fourth-order valence-corrected chi connectivity index (χ4v) is 3.18. The van der Waals surface area contributed by atoms with Crippen LogP contribution in [0.3, 0.4) is 0 Å². The van der Waals surface area contributed by atoms with Gasteiger partial charge < -0.3 is 9.47 Å². The Labute approximate surface area is 160 Å². The molecule has 1 unspecified atom stereocenters. The van der Waals surface area contributed by atoms with Gasteiger partial charge in [0.15, 0.2) is 0 Å². The van der Waals surface area contributed by atoms with E-state index in [0.29, 0.717) is 17.0 Å². The monoisotopic (exact) mass is 367 g/mol. The Morgan fingerprint density at radius 3 is 2.22 bits per heavy atom. The van der Waals surface area contributed by atoms with Crippen molar-refractivity contribution in [1.82, 2.24) is 0 Å². The molecule has 0 aromatic heterocycles. The summed E-state index contributed by atoms with van der Waals surface area (Å²) in [7, 11) is 0. The molecule has 0 spiro atoms. The molecule has 5 nitrogen and oxygen atoms in total. The number of allylic oxidation sites excluding steroid dienone is 1. The molecule has 1 aromatic carbocycles. The van der Waals surface area contributed by atoms with E-state index in [0.717, 1.165) is 11.1 Å². The van der Waals surface area contributed by atoms with Crippen molar-refractivity contribution in [2.45, 2.75) is 26.7 Å². The predicted octanol–water partition coefficient (Wildman–Crippen LogP) is 3.90. The Morgan fingerprint density at radius 1 is 1.04 bits per heavy atom. The summed E-state index contributed by atoms with van der Waals surface area (Å²) in [6.45, 7) is 12.8. The first-order valence-corrected chi connectivity index (χ1v) is 8.78. The zero-order valence-electron chi connectivity index (χ0n) is 16.0. The van der Waals surface area contributed by atoms with Gasteiger partial charge in [-0.1, -0.05) is 55.1 Å². The Balaban J connectivity index is 2.55. The Morgan fingerprint density at radius 2 is 1.63 bits per heavy atom. The zero-order valence-corrected chi connectivity index (χ0v) is 16.0. The highest BCUT2D eigenvalue weighted by molar-refractivity contribution is 6.07. The topological polar surface area (TPSA) is 65.0 Å². The minimum absolute atomic E-state index is 0.0878. The first-order valence-electron chi connectivity index (χ1n) is 8.78. The second-order valence-electron chi connectivity index (χ2n) is 6.42. The second kappa shape index (κ2) is 9.12. The van der Waals surface area contributed by atoms with Crippen LogP contribution in [-0.2, 0) is 19.1 Å². The molecule has 0 N–H and O–H groups in total. The van der Waals surface area contributed by atoms with Crippen LogP contribution in [0.5, 0.6) is 0 Å². The van der Waals surface area contributed by atoms with Crippen LogP contribution in [0.4, 0.5) is 0 Å². The van der Waals surface area contributed by atoms with E-state index in [1.54, 1.807) is 13.8 Å². The molecule has 0 saturated carbocycles. The molecule has 1 aliphatic heterocycles. The summed E-state index contributed by atoms with van der Waals surface area (Å²) in [5, 5.41) is 0. The predicted molar refractivity (Wildman–Crippen MR) is 106 cm³/mol. The van der Waals surface area contributed by atoms with Gasteiger partial charge in [0.25, 0.3) is 0 Å². The maximum absolute atomic E-state index is 12.8. The molecule has 1 heterocycles. The maximum Gasteiger partial charge on any atom is 0.336 e. The van der Waals surface area contributed by atoms with Gasteiger partial charge in [-0.15, -0.1) is 0 Å². The van der Waals surface area contributed by atoms with Crippen LogP contribution in [0.25, 0.3) is 0 Å². The molecular weight excluding hydrogens is 342 g/mol. The van der Waals surface area contributed by atoms with Crippen LogP contribution < -0.4 is 0 Å². The number of carbonyl (C=O) groups is 2. The number of rotatable bonds is 7. The third-order valence-corrected chi connectivity index (χ3v) is 4.41. The van der Waals surface area contributed by atoms with Crippen molar-refractivity contribution in [3.8, 4) is 0 Å². The molecule has 2 atom stereocenters. The molecule has 1 aromatic rings. The van der Waals surface area contributed by atoms with Gasteiger partial charge in [-0.05, 0) is 26.3 Å². The van der Waals surface area contributed by atoms with Gasteiger partial charge >= 0.3 is 11.9 Å². The van der Waals surface area contributed by atoms with Crippen molar-refractivity contribution >= 4 is 17.7 Å². The highest BCUT2D eigenvalue weighted by atomic mass is 16.5. The van der Waals surface area contributed by atoms with E-state index in [4.69, 9.17) is 9.47 Å². The smallest absolute Gasteiger partial charge is 0.336 e. The zero-order chi connectivity index (χ0) is 20.0. The number of nitrogens with zero attached hydrogens (tertiary/aromatic N) is 1. The molecule has 0 radical (unpaired) electrons. The summed E-state index contributed by atoms with van der Waals surface area (Å²) in [6, 6.07) is 7.73. The van der Waals surface area contributed by atoms with E-state index in [1.807, 2.05) is 31.2 Å². The van der Waals surface area contributed by atoms with Gasteiger partial charge in [0, 0.05) is 17.3 Å².